The summed E-state index contributed by atoms with van der Waals surface area (Å²) >= 11 is 0. The topological polar surface area (TPSA) is 84.2 Å². The third-order valence-corrected chi connectivity index (χ3v) is 4.93. The van der Waals surface area contributed by atoms with Crippen LogP contribution in [0, 0.1) is 6.92 Å². The summed E-state index contributed by atoms with van der Waals surface area (Å²) in [5, 5.41) is 14.0. The van der Waals surface area contributed by atoms with Crippen LogP contribution in [0.15, 0.2) is 53.6 Å². The van der Waals surface area contributed by atoms with E-state index in [2.05, 4.69) is 9.82 Å². The van der Waals surface area contributed by atoms with E-state index in [1.807, 2.05) is 6.92 Å². The zero-order valence-electron chi connectivity index (χ0n) is 12.6. The largest absolute Gasteiger partial charge is 0.394 e. The Bertz CT molecular complexity index is 931. The lowest BCUT2D eigenvalue weighted by Crippen LogP contribution is -2.12. The Hall–Kier alpha value is -2.38. The molecule has 0 unspecified atom stereocenters. The van der Waals surface area contributed by atoms with Crippen molar-refractivity contribution in [3.8, 4) is 0 Å². The lowest BCUT2D eigenvalue weighted by atomic mass is 10.2. The molecule has 0 bridgehead atoms. The number of benzene rings is 2. The molecule has 2 N–H and O–H groups in total. The minimum atomic E-state index is -3.62. The van der Waals surface area contributed by atoms with Crippen molar-refractivity contribution in [3.05, 3.63) is 54.2 Å². The summed E-state index contributed by atoms with van der Waals surface area (Å²) in [6.07, 6.45) is 1.65. The molecule has 0 aliphatic carbocycles. The molecule has 0 fully saturated rings. The Morgan fingerprint density at radius 2 is 1.91 bits per heavy atom. The number of hydrogen-bond acceptors (Lipinski definition) is 4. The summed E-state index contributed by atoms with van der Waals surface area (Å²) in [5.74, 6) is 0. The Balaban J connectivity index is 1.90. The number of fused-ring (bicyclic) bond motifs is 1. The van der Waals surface area contributed by atoms with Crippen LogP contribution in [0.1, 0.15) is 5.56 Å². The van der Waals surface area contributed by atoms with E-state index in [4.69, 9.17) is 5.11 Å². The highest BCUT2D eigenvalue weighted by atomic mass is 32.2. The first kappa shape index (κ1) is 15.5. The number of anilines is 1. The highest BCUT2D eigenvalue weighted by molar-refractivity contribution is 7.92. The van der Waals surface area contributed by atoms with Gasteiger partial charge in [0.2, 0.25) is 0 Å². The van der Waals surface area contributed by atoms with Crippen LogP contribution >= 0.6 is 0 Å². The van der Waals surface area contributed by atoms with E-state index in [0.717, 1.165) is 16.5 Å². The second kappa shape index (κ2) is 6.02. The van der Waals surface area contributed by atoms with Gasteiger partial charge >= 0.3 is 0 Å². The Kier molecular flexibility index (Phi) is 4.06. The van der Waals surface area contributed by atoms with Crippen LogP contribution in [0.25, 0.3) is 10.9 Å². The van der Waals surface area contributed by atoms with Crippen molar-refractivity contribution < 1.29 is 13.5 Å². The van der Waals surface area contributed by atoms with Gasteiger partial charge in [-0.15, -0.1) is 0 Å². The quantitative estimate of drug-likeness (QED) is 0.750. The Morgan fingerprint density at radius 3 is 2.61 bits per heavy atom. The Labute approximate surface area is 134 Å². The predicted molar refractivity (Wildman–Crippen MR) is 88.8 cm³/mol. The van der Waals surface area contributed by atoms with E-state index in [0.29, 0.717) is 12.2 Å². The molecule has 120 valence electrons. The molecular weight excluding hydrogens is 314 g/mol. The average Bonchev–Trinajstić information content (AvgIpc) is 2.90. The van der Waals surface area contributed by atoms with Gasteiger partial charge in [-0.3, -0.25) is 9.40 Å². The van der Waals surface area contributed by atoms with Crippen molar-refractivity contribution in [2.24, 2.45) is 0 Å². The lowest BCUT2D eigenvalue weighted by molar-refractivity contribution is 0.271. The predicted octanol–water partition coefficient (Wildman–Crippen LogP) is 2.14. The van der Waals surface area contributed by atoms with Crippen LogP contribution in [0.3, 0.4) is 0 Å². The van der Waals surface area contributed by atoms with Crippen molar-refractivity contribution in [1.29, 1.82) is 0 Å². The van der Waals surface area contributed by atoms with Crippen LogP contribution in [0.5, 0.6) is 0 Å². The first-order valence-corrected chi connectivity index (χ1v) is 8.64. The maximum Gasteiger partial charge on any atom is 0.261 e. The smallest absolute Gasteiger partial charge is 0.261 e. The van der Waals surface area contributed by atoms with Crippen molar-refractivity contribution in [1.82, 2.24) is 9.78 Å². The first-order chi connectivity index (χ1) is 11.0. The van der Waals surface area contributed by atoms with Crippen LogP contribution in [0.4, 0.5) is 5.69 Å². The fourth-order valence-corrected chi connectivity index (χ4v) is 3.40. The van der Waals surface area contributed by atoms with Crippen LogP contribution < -0.4 is 4.72 Å². The summed E-state index contributed by atoms with van der Waals surface area (Å²) in [5.41, 5.74) is 2.32. The molecular formula is C16H17N3O3S. The normalized spacial score (nSPS) is 11.7. The molecule has 3 rings (SSSR count). The fraction of sp³-hybridized carbons (Fsp3) is 0.188. The van der Waals surface area contributed by atoms with Gasteiger partial charge in [-0.25, -0.2) is 8.42 Å². The van der Waals surface area contributed by atoms with E-state index in [9.17, 15) is 8.42 Å². The molecule has 0 spiro atoms. The van der Waals surface area contributed by atoms with Gasteiger partial charge in [0.1, 0.15) is 0 Å². The highest BCUT2D eigenvalue weighted by Crippen LogP contribution is 2.22. The minimum absolute atomic E-state index is 0.00140. The standard InChI is InChI=1S/C16H17N3O3S/c1-12-2-5-15(6-3-12)23(21,22)18-14-4-7-16-13(10-14)11-17-19(16)8-9-20/h2-7,10-11,18,20H,8-9H2,1H3. The van der Waals surface area contributed by atoms with Gasteiger partial charge in [-0.05, 0) is 37.3 Å². The molecule has 23 heavy (non-hydrogen) atoms. The van der Waals surface area contributed by atoms with Crippen molar-refractivity contribution in [3.63, 3.8) is 0 Å². The van der Waals surface area contributed by atoms with Gasteiger partial charge in [0.05, 0.1) is 29.8 Å². The molecule has 6 nitrogen and oxygen atoms in total. The van der Waals surface area contributed by atoms with Crippen molar-refractivity contribution in [2.75, 3.05) is 11.3 Å². The van der Waals surface area contributed by atoms with Gasteiger partial charge in [0.25, 0.3) is 10.0 Å². The second-order valence-corrected chi connectivity index (χ2v) is 6.97. The van der Waals surface area contributed by atoms with Crippen LogP contribution in [-0.4, -0.2) is 29.9 Å². The van der Waals surface area contributed by atoms with Crippen LogP contribution in [-0.2, 0) is 16.6 Å². The number of aryl methyl sites for hydroxylation is 1. The van der Waals surface area contributed by atoms with Gasteiger partial charge in [0, 0.05) is 11.1 Å². The van der Waals surface area contributed by atoms with Gasteiger partial charge in [-0.1, -0.05) is 17.7 Å². The van der Waals surface area contributed by atoms with E-state index in [1.54, 1.807) is 53.3 Å². The number of rotatable bonds is 5. The summed E-state index contributed by atoms with van der Waals surface area (Å²) in [6.45, 7) is 2.30. The van der Waals surface area contributed by atoms with E-state index in [1.165, 1.54) is 0 Å². The molecule has 0 aliphatic heterocycles. The highest BCUT2D eigenvalue weighted by Gasteiger charge is 2.14. The number of hydrogen-bond donors (Lipinski definition) is 2. The number of nitrogens with zero attached hydrogens (tertiary/aromatic N) is 2. The minimum Gasteiger partial charge on any atom is -0.394 e. The third kappa shape index (κ3) is 3.20. The molecule has 0 radical (unpaired) electrons. The maximum absolute atomic E-state index is 12.4. The van der Waals surface area contributed by atoms with E-state index < -0.39 is 10.0 Å². The number of aliphatic hydroxyl groups is 1. The molecule has 0 saturated carbocycles. The summed E-state index contributed by atoms with van der Waals surface area (Å²) in [4.78, 5) is 0.221. The number of nitrogens with one attached hydrogen (secondary N) is 1. The first-order valence-electron chi connectivity index (χ1n) is 7.15. The van der Waals surface area contributed by atoms with E-state index in [-0.39, 0.29) is 11.5 Å². The van der Waals surface area contributed by atoms with Gasteiger partial charge in [0.15, 0.2) is 0 Å². The van der Waals surface area contributed by atoms with Crippen molar-refractivity contribution >= 4 is 26.6 Å². The second-order valence-electron chi connectivity index (χ2n) is 5.28. The maximum atomic E-state index is 12.4. The average molecular weight is 331 g/mol. The molecule has 2 aromatic carbocycles. The van der Waals surface area contributed by atoms with Gasteiger partial charge in [-0.2, -0.15) is 5.10 Å². The molecule has 0 aliphatic rings. The number of sulfonamides is 1. The van der Waals surface area contributed by atoms with E-state index >= 15 is 0 Å². The van der Waals surface area contributed by atoms with Crippen LogP contribution in [0.2, 0.25) is 0 Å². The molecule has 0 atom stereocenters. The number of aromatic nitrogens is 2. The molecule has 7 heteroatoms. The summed E-state index contributed by atoms with van der Waals surface area (Å²) < 4.78 is 29.0. The molecule has 3 aromatic rings. The molecule has 0 saturated heterocycles. The molecule has 0 amide bonds. The fourth-order valence-electron chi connectivity index (χ4n) is 2.35. The zero-order valence-corrected chi connectivity index (χ0v) is 13.4. The number of aliphatic hydroxyl groups excluding tert-OH is 1. The molecule has 1 heterocycles. The SMILES string of the molecule is Cc1ccc(S(=O)(=O)Nc2ccc3c(cnn3CCO)c2)cc1. The third-order valence-electron chi connectivity index (χ3n) is 3.54. The summed E-state index contributed by atoms with van der Waals surface area (Å²) in [6, 6.07) is 11.9. The Morgan fingerprint density at radius 1 is 1.17 bits per heavy atom. The lowest BCUT2D eigenvalue weighted by Gasteiger charge is -2.09. The summed E-state index contributed by atoms with van der Waals surface area (Å²) in [7, 11) is -3.62. The monoisotopic (exact) mass is 331 g/mol. The molecule has 1 aromatic heterocycles. The van der Waals surface area contributed by atoms with Crippen molar-refractivity contribution in [2.45, 2.75) is 18.4 Å². The zero-order chi connectivity index (χ0) is 16.4. The van der Waals surface area contributed by atoms with Gasteiger partial charge < -0.3 is 5.11 Å².